The molecule has 0 spiro atoms. The molecule has 0 bridgehead atoms. The van der Waals surface area contributed by atoms with E-state index in [1.54, 1.807) is 6.20 Å². The summed E-state index contributed by atoms with van der Waals surface area (Å²) in [5.74, 6) is 0.739. The highest BCUT2D eigenvalue weighted by Crippen LogP contribution is 2.19. The minimum Gasteiger partial charge on any atom is -0.340 e. The van der Waals surface area contributed by atoms with E-state index in [4.69, 9.17) is 0 Å². The lowest BCUT2D eigenvalue weighted by Gasteiger charge is -2.09. The van der Waals surface area contributed by atoms with Crippen LogP contribution in [0.1, 0.15) is 23.1 Å². The molecule has 4 nitrogen and oxygen atoms in total. The molecule has 3 aromatic rings. The van der Waals surface area contributed by atoms with E-state index < -0.39 is 0 Å². The van der Waals surface area contributed by atoms with E-state index in [0.29, 0.717) is 12.1 Å². The van der Waals surface area contributed by atoms with Crippen LogP contribution in [0, 0.1) is 13.8 Å². The van der Waals surface area contributed by atoms with Crippen LogP contribution >= 0.6 is 0 Å². The van der Waals surface area contributed by atoms with Crippen LogP contribution < -0.4 is 10.6 Å². The van der Waals surface area contributed by atoms with Gasteiger partial charge in [-0.25, -0.2) is 4.98 Å². The van der Waals surface area contributed by atoms with Crippen LogP contribution in [0.2, 0.25) is 0 Å². The summed E-state index contributed by atoms with van der Waals surface area (Å²) in [4.78, 5) is 16.5. The number of hydrogen-bond donors (Lipinski definition) is 2. The molecule has 1 amide bonds. The van der Waals surface area contributed by atoms with Crippen molar-refractivity contribution in [2.75, 3.05) is 10.6 Å². The van der Waals surface area contributed by atoms with Gasteiger partial charge in [0.05, 0.1) is 11.9 Å². The van der Waals surface area contributed by atoms with E-state index >= 15 is 0 Å². The molecular weight excluding hydrogens is 322 g/mol. The molecule has 1 heterocycles. The van der Waals surface area contributed by atoms with Gasteiger partial charge in [0.25, 0.3) is 0 Å². The summed E-state index contributed by atoms with van der Waals surface area (Å²) in [5.41, 5.74) is 5.28. The zero-order chi connectivity index (χ0) is 18.4. The number of nitrogens with zero attached hydrogens (tertiary/aromatic N) is 1. The van der Waals surface area contributed by atoms with Crippen molar-refractivity contribution < 1.29 is 4.79 Å². The molecule has 0 atom stereocenters. The minimum atomic E-state index is -0.00864. The maximum atomic E-state index is 12.1. The molecule has 0 aliphatic rings. The Morgan fingerprint density at radius 2 is 1.65 bits per heavy atom. The Bertz CT molecular complexity index is 853. The number of aryl methyl sites for hydroxylation is 3. The number of pyridine rings is 1. The van der Waals surface area contributed by atoms with Crippen LogP contribution in [0.15, 0.2) is 66.9 Å². The Morgan fingerprint density at radius 3 is 2.31 bits per heavy atom. The quantitative estimate of drug-likeness (QED) is 0.660. The second-order valence-corrected chi connectivity index (χ2v) is 6.47. The van der Waals surface area contributed by atoms with Crippen molar-refractivity contribution in [3.63, 3.8) is 0 Å². The topological polar surface area (TPSA) is 54.0 Å². The number of aromatic nitrogens is 1. The number of carbonyl (C=O) groups excluding carboxylic acids is 1. The Hall–Kier alpha value is -3.14. The smallest absolute Gasteiger partial charge is 0.224 e. The first-order valence-corrected chi connectivity index (χ1v) is 8.74. The largest absolute Gasteiger partial charge is 0.340 e. The highest BCUT2D eigenvalue weighted by Gasteiger charge is 2.04. The third-order valence-corrected chi connectivity index (χ3v) is 4.02. The van der Waals surface area contributed by atoms with E-state index in [2.05, 4.69) is 47.7 Å². The van der Waals surface area contributed by atoms with Crippen LogP contribution in [-0.2, 0) is 11.2 Å². The average molecular weight is 345 g/mol. The van der Waals surface area contributed by atoms with Crippen molar-refractivity contribution in [3.8, 4) is 0 Å². The molecule has 0 aliphatic heterocycles. The maximum Gasteiger partial charge on any atom is 0.224 e. The van der Waals surface area contributed by atoms with E-state index in [9.17, 15) is 4.79 Å². The Balaban J connectivity index is 1.54. The SMILES string of the molecule is Cc1cc(C)cc(Nc2ccc(NC(=O)CCc3ccccc3)cn2)c1. The number of amides is 1. The molecule has 0 fully saturated rings. The van der Waals surface area contributed by atoms with E-state index in [0.717, 1.165) is 23.5 Å². The first-order chi connectivity index (χ1) is 12.6. The fourth-order valence-corrected chi connectivity index (χ4v) is 2.86. The van der Waals surface area contributed by atoms with Gasteiger partial charge in [0, 0.05) is 12.1 Å². The number of hydrogen-bond acceptors (Lipinski definition) is 3. The standard InChI is InChI=1S/C22H23N3O/c1-16-12-17(2)14-20(13-16)24-21-10-9-19(15-23-21)25-22(26)11-8-18-6-4-3-5-7-18/h3-7,9-10,12-15H,8,11H2,1-2H3,(H,23,24)(H,25,26). The number of nitrogens with one attached hydrogen (secondary N) is 2. The highest BCUT2D eigenvalue weighted by molar-refractivity contribution is 5.90. The fourth-order valence-electron chi connectivity index (χ4n) is 2.86. The van der Waals surface area contributed by atoms with E-state index in [-0.39, 0.29) is 5.91 Å². The van der Waals surface area contributed by atoms with Gasteiger partial charge in [-0.3, -0.25) is 4.79 Å². The second kappa shape index (κ2) is 8.30. The summed E-state index contributed by atoms with van der Waals surface area (Å²) in [6.07, 6.45) is 2.85. The van der Waals surface area contributed by atoms with Gasteiger partial charge in [-0.2, -0.15) is 0 Å². The number of anilines is 3. The molecule has 0 saturated carbocycles. The van der Waals surface area contributed by atoms with Crippen molar-refractivity contribution in [1.82, 2.24) is 4.98 Å². The summed E-state index contributed by atoms with van der Waals surface area (Å²) >= 11 is 0. The van der Waals surface area contributed by atoms with Crippen LogP contribution in [-0.4, -0.2) is 10.9 Å². The summed E-state index contributed by atoms with van der Waals surface area (Å²) in [5, 5.41) is 6.18. The lowest BCUT2D eigenvalue weighted by Crippen LogP contribution is -2.12. The van der Waals surface area contributed by atoms with Crippen LogP contribution in [0.4, 0.5) is 17.2 Å². The predicted molar refractivity (Wildman–Crippen MR) is 107 cm³/mol. The van der Waals surface area contributed by atoms with Crippen molar-refractivity contribution >= 4 is 23.1 Å². The minimum absolute atomic E-state index is 0.00864. The second-order valence-electron chi connectivity index (χ2n) is 6.47. The van der Waals surface area contributed by atoms with Gasteiger partial charge >= 0.3 is 0 Å². The lowest BCUT2D eigenvalue weighted by atomic mass is 10.1. The predicted octanol–water partition coefficient (Wildman–Crippen LogP) is 5.01. The van der Waals surface area contributed by atoms with E-state index in [1.807, 2.05) is 42.5 Å². The molecular formula is C22H23N3O. The maximum absolute atomic E-state index is 12.1. The molecule has 3 rings (SSSR count). The van der Waals surface area contributed by atoms with Gasteiger partial charge in [0.1, 0.15) is 5.82 Å². The number of carbonyl (C=O) groups is 1. The van der Waals surface area contributed by atoms with Crippen molar-refractivity contribution in [1.29, 1.82) is 0 Å². The van der Waals surface area contributed by atoms with Gasteiger partial charge in [0.2, 0.25) is 5.91 Å². The summed E-state index contributed by atoms with van der Waals surface area (Å²) < 4.78 is 0. The lowest BCUT2D eigenvalue weighted by molar-refractivity contribution is -0.116. The van der Waals surface area contributed by atoms with Crippen LogP contribution in [0.3, 0.4) is 0 Å². The average Bonchev–Trinajstić information content (AvgIpc) is 2.62. The molecule has 2 N–H and O–H groups in total. The first kappa shape index (κ1) is 17.7. The molecule has 0 radical (unpaired) electrons. The Labute approximate surface area is 154 Å². The monoisotopic (exact) mass is 345 g/mol. The van der Waals surface area contributed by atoms with Gasteiger partial charge in [-0.1, -0.05) is 36.4 Å². The first-order valence-electron chi connectivity index (χ1n) is 8.74. The molecule has 0 unspecified atom stereocenters. The van der Waals surface area contributed by atoms with Crippen molar-refractivity contribution in [2.45, 2.75) is 26.7 Å². The zero-order valence-electron chi connectivity index (χ0n) is 15.1. The molecule has 132 valence electrons. The Morgan fingerprint density at radius 1 is 0.923 bits per heavy atom. The third kappa shape index (κ3) is 5.18. The van der Waals surface area contributed by atoms with Gasteiger partial charge in [0.15, 0.2) is 0 Å². The van der Waals surface area contributed by atoms with Gasteiger partial charge in [-0.15, -0.1) is 0 Å². The van der Waals surface area contributed by atoms with Crippen molar-refractivity contribution in [3.05, 3.63) is 83.6 Å². The number of benzene rings is 2. The molecule has 2 aromatic carbocycles. The van der Waals surface area contributed by atoms with Gasteiger partial charge in [-0.05, 0) is 61.2 Å². The summed E-state index contributed by atoms with van der Waals surface area (Å²) in [6.45, 7) is 4.14. The van der Waals surface area contributed by atoms with Crippen molar-refractivity contribution in [2.24, 2.45) is 0 Å². The highest BCUT2D eigenvalue weighted by atomic mass is 16.1. The summed E-state index contributed by atoms with van der Waals surface area (Å²) in [7, 11) is 0. The molecule has 0 saturated heterocycles. The van der Waals surface area contributed by atoms with Gasteiger partial charge < -0.3 is 10.6 Å². The third-order valence-electron chi connectivity index (χ3n) is 4.02. The Kier molecular flexibility index (Phi) is 5.64. The molecule has 1 aromatic heterocycles. The fraction of sp³-hybridized carbons (Fsp3) is 0.182. The molecule has 4 heteroatoms. The zero-order valence-corrected chi connectivity index (χ0v) is 15.1. The van der Waals surface area contributed by atoms with Crippen LogP contribution in [0.25, 0.3) is 0 Å². The van der Waals surface area contributed by atoms with Crippen LogP contribution in [0.5, 0.6) is 0 Å². The summed E-state index contributed by atoms with van der Waals surface area (Å²) in [6, 6.07) is 20.0. The normalized spacial score (nSPS) is 10.4. The molecule has 0 aliphatic carbocycles. The number of rotatable bonds is 6. The molecule has 26 heavy (non-hydrogen) atoms. The van der Waals surface area contributed by atoms with E-state index in [1.165, 1.54) is 11.1 Å².